The Hall–Kier alpha value is -1.59. The number of hydrogen-bond acceptors (Lipinski definition) is 6. The third-order valence-corrected chi connectivity index (χ3v) is 12.4. The number of carbonyl (C=O) groups excluding carboxylic acids is 3. The molecule has 0 radical (unpaired) electrons. The Kier molecular flexibility index (Phi) is 42.3. The van der Waals surface area contributed by atoms with Crippen LogP contribution in [-0.4, -0.2) is 37.2 Å². The van der Waals surface area contributed by atoms with Crippen molar-refractivity contribution in [2.45, 2.75) is 285 Å². The molecule has 0 aromatic carbocycles. The summed E-state index contributed by atoms with van der Waals surface area (Å²) in [5.74, 6) is 1.65. The molecule has 0 saturated carbocycles. The van der Waals surface area contributed by atoms with Gasteiger partial charge in [-0.2, -0.15) is 0 Å². The molecule has 0 rings (SSSR count). The van der Waals surface area contributed by atoms with Crippen molar-refractivity contribution in [2.24, 2.45) is 17.8 Å². The van der Waals surface area contributed by atoms with Gasteiger partial charge in [0.05, 0.1) is 0 Å². The quantitative estimate of drug-likeness (QED) is 0.0346. The first-order chi connectivity index (χ1) is 28.2. The molecular weight excluding hydrogens is 721 g/mol. The van der Waals surface area contributed by atoms with Crippen molar-refractivity contribution in [1.82, 2.24) is 0 Å². The van der Waals surface area contributed by atoms with Crippen molar-refractivity contribution >= 4 is 17.9 Å². The maximum atomic E-state index is 12.8. The summed E-state index contributed by atoms with van der Waals surface area (Å²) in [6.07, 6.45) is 42.3. The van der Waals surface area contributed by atoms with Gasteiger partial charge in [-0.3, -0.25) is 14.4 Å². The molecule has 6 heteroatoms. The maximum absolute atomic E-state index is 12.8. The molecule has 0 bridgehead atoms. The van der Waals surface area contributed by atoms with Crippen LogP contribution in [0.5, 0.6) is 0 Å². The molecule has 0 fully saturated rings. The molecule has 0 spiro atoms. The molecule has 0 aliphatic rings. The largest absolute Gasteiger partial charge is 0.462 e. The van der Waals surface area contributed by atoms with Gasteiger partial charge >= 0.3 is 17.9 Å². The van der Waals surface area contributed by atoms with Gasteiger partial charge < -0.3 is 14.2 Å². The number of ether oxygens (including phenoxy) is 3. The monoisotopic (exact) mass is 821 g/mol. The van der Waals surface area contributed by atoms with Crippen LogP contribution in [-0.2, 0) is 28.6 Å². The highest BCUT2D eigenvalue weighted by Gasteiger charge is 2.19. The van der Waals surface area contributed by atoms with E-state index < -0.39 is 6.10 Å². The van der Waals surface area contributed by atoms with E-state index in [9.17, 15) is 14.4 Å². The van der Waals surface area contributed by atoms with Gasteiger partial charge in [0.15, 0.2) is 6.10 Å². The van der Waals surface area contributed by atoms with Gasteiger partial charge in [-0.05, 0) is 37.0 Å². The van der Waals surface area contributed by atoms with Crippen LogP contribution in [0, 0.1) is 17.8 Å². The third-order valence-electron chi connectivity index (χ3n) is 12.4. The molecular formula is C52H100O6. The molecule has 0 aliphatic heterocycles. The van der Waals surface area contributed by atoms with Gasteiger partial charge in [0.2, 0.25) is 0 Å². The first kappa shape index (κ1) is 56.4. The zero-order valence-corrected chi connectivity index (χ0v) is 39.8. The lowest BCUT2D eigenvalue weighted by atomic mass is 9.99. The number of hydrogen-bond donors (Lipinski definition) is 0. The molecule has 0 N–H and O–H groups in total. The van der Waals surface area contributed by atoms with Crippen LogP contribution in [0.25, 0.3) is 0 Å². The third kappa shape index (κ3) is 42.5. The Balaban J connectivity index is 4.27. The standard InChI is InChI=1S/C52H100O6/c1-7-47(5)39-33-27-21-18-19-23-31-37-43-52(55)58-49(45-57-51(54)42-36-30-25-24-28-34-40-48(6)8-2)44-56-50(53)41-35-29-22-17-15-13-11-9-10-12-14-16-20-26-32-38-46(3)4/h46-49H,7-45H2,1-6H3/t47?,48?,49-/m1/s1. The Morgan fingerprint density at radius 1 is 0.345 bits per heavy atom. The minimum Gasteiger partial charge on any atom is -0.462 e. The molecule has 0 aromatic heterocycles. The molecule has 58 heavy (non-hydrogen) atoms. The summed E-state index contributed by atoms with van der Waals surface area (Å²) in [7, 11) is 0. The zero-order chi connectivity index (χ0) is 42.7. The predicted octanol–water partition coefficient (Wildman–Crippen LogP) is 16.4. The highest BCUT2D eigenvalue weighted by Crippen LogP contribution is 2.18. The fraction of sp³-hybridized carbons (Fsp3) is 0.942. The number of carbonyl (C=O) groups is 3. The van der Waals surface area contributed by atoms with E-state index in [1.165, 1.54) is 161 Å². The fourth-order valence-corrected chi connectivity index (χ4v) is 7.70. The van der Waals surface area contributed by atoms with Gasteiger partial charge in [-0.1, -0.05) is 241 Å². The van der Waals surface area contributed by atoms with Crippen molar-refractivity contribution < 1.29 is 28.6 Å². The van der Waals surface area contributed by atoms with E-state index in [4.69, 9.17) is 14.2 Å². The van der Waals surface area contributed by atoms with Crippen molar-refractivity contribution in [1.29, 1.82) is 0 Å². The number of rotatable bonds is 45. The average molecular weight is 821 g/mol. The lowest BCUT2D eigenvalue weighted by Gasteiger charge is -2.18. The topological polar surface area (TPSA) is 78.9 Å². The van der Waals surface area contributed by atoms with Crippen molar-refractivity contribution in [3.8, 4) is 0 Å². The van der Waals surface area contributed by atoms with E-state index in [0.717, 1.165) is 75.5 Å². The van der Waals surface area contributed by atoms with Gasteiger partial charge in [0.1, 0.15) is 13.2 Å². The van der Waals surface area contributed by atoms with Crippen LogP contribution in [0.4, 0.5) is 0 Å². The van der Waals surface area contributed by atoms with Gasteiger partial charge in [0, 0.05) is 19.3 Å². The minimum absolute atomic E-state index is 0.0656. The maximum Gasteiger partial charge on any atom is 0.306 e. The molecule has 6 nitrogen and oxygen atoms in total. The Morgan fingerprint density at radius 2 is 0.603 bits per heavy atom. The molecule has 0 aliphatic carbocycles. The first-order valence-corrected chi connectivity index (χ1v) is 25.7. The molecule has 344 valence electrons. The van der Waals surface area contributed by atoms with E-state index in [1.807, 2.05) is 0 Å². The molecule has 0 heterocycles. The van der Waals surface area contributed by atoms with Crippen LogP contribution in [0.3, 0.4) is 0 Å². The summed E-state index contributed by atoms with van der Waals surface area (Å²) in [6.45, 7) is 13.7. The van der Waals surface area contributed by atoms with Crippen LogP contribution in [0.15, 0.2) is 0 Å². The second kappa shape index (κ2) is 43.5. The Morgan fingerprint density at radius 3 is 0.897 bits per heavy atom. The summed E-state index contributed by atoms with van der Waals surface area (Å²) in [5.41, 5.74) is 0. The lowest BCUT2D eigenvalue weighted by molar-refractivity contribution is -0.167. The highest BCUT2D eigenvalue weighted by atomic mass is 16.6. The molecule has 2 unspecified atom stereocenters. The van der Waals surface area contributed by atoms with Gasteiger partial charge in [0.25, 0.3) is 0 Å². The fourth-order valence-electron chi connectivity index (χ4n) is 7.70. The van der Waals surface area contributed by atoms with Crippen molar-refractivity contribution in [3.63, 3.8) is 0 Å². The van der Waals surface area contributed by atoms with E-state index in [-0.39, 0.29) is 31.1 Å². The first-order valence-electron chi connectivity index (χ1n) is 25.7. The second-order valence-electron chi connectivity index (χ2n) is 18.8. The van der Waals surface area contributed by atoms with Gasteiger partial charge in [-0.25, -0.2) is 0 Å². The average Bonchev–Trinajstić information content (AvgIpc) is 3.21. The Bertz CT molecular complexity index is 902. The van der Waals surface area contributed by atoms with Crippen molar-refractivity contribution in [3.05, 3.63) is 0 Å². The summed E-state index contributed by atoms with van der Waals surface area (Å²) >= 11 is 0. The van der Waals surface area contributed by atoms with E-state index in [2.05, 4.69) is 41.5 Å². The number of unbranched alkanes of at least 4 members (excludes halogenated alkanes) is 26. The smallest absolute Gasteiger partial charge is 0.306 e. The molecule has 0 saturated heterocycles. The highest BCUT2D eigenvalue weighted by molar-refractivity contribution is 5.71. The molecule has 0 aromatic rings. The second-order valence-corrected chi connectivity index (χ2v) is 18.8. The zero-order valence-electron chi connectivity index (χ0n) is 39.8. The predicted molar refractivity (Wildman–Crippen MR) is 247 cm³/mol. The molecule has 0 amide bonds. The van der Waals surface area contributed by atoms with Gasteiger partial charge in [-0.15, -0.1) is 0 Å². The minimum atomic E-state index is -0.763. The Labute approximate surface area is 361 Å². The summed E-state index contributed by atoms with van der Waals surface area (Å²) in [4.78, 5) is 37.9. The summed E-state index contributed by atoms with van der Waals surface area (Å²) in [6, 6.07) is 0. The lowest BCUT2D eigenvalue weighted by Crippen LogP contribution is -2.30. The molecule has 3 atom stereocenters. The van der Waals surface area contributed by atoms with Crippen LogP contribution in [0.2, 0.25) is 0 Å². The normalized spacial score (nSPS) is 13.1. The van der Waals surface area contributed by atoms with E-state index >= 15 is 0 Å². The number of esters is 3. The summed E-state index contributed by atoms with van der Waals surface area (Å²) < 4.78 is 16.8. The van der Waals surface area contributed by atoms with Crippen LogP contribution < -0.4 is 0 Å². The van der Waals surface area contributed by atoms with E-state index in [0.29, 0.717) is 19.3 Å². The van der Waals surface area contributed by atoms with E-state index in [1.54, 1.807) is 0 Å². The SMILES string of the molecule is CCC(C)CCCCCCCCCCC(=O)O[C@H](COC(=O)CCCCCCCCCCCCCCCCCC(C)C)COC(=O)CCCCCCCCC(C)CC. The van der Waals surface area contributed by atoms with Crippen LogP contribution in [0.1, 0.15) is 279 Å². The summed E-state index contributed by atoms with van der Waals surface area (Å²) in [5, 5.41) is 0. The van der Waals surface area contributed by atoms with Crippen LogP contribution >= 0.6 is 0 Å². The van der Waals surface area contributed by atoms with Crippen molar-refractivity contribution in [2.75, 3.05) is 13.2 Å².